The van der Waals surface area contributed by atoms with E-state index in [0.717, 1.165) is 11.3 Å². The monoisotopic (exact) mass is 535 g/mol. The Balaban J connectivity index is 0.00000420. The number of nitrogens with one attached hydrogen (secondary N) is 3. The zero-order valence-electron chi connectivity index (χ0n) is 17.4. The van der Waals surface area contributed by atoms with E-state index in [1.165, 1.54) is 7.05 Å². The lowest BCUT2D eigenvalue weighted by atomic mass is 9.94. The maximum absolute atomic E-state index is 11.8. The molecular weight excluding hydrogens is 505 g/mol. The summed E-state index contributed by atoms with van der Waals surface area (Å²) in [6.45, 7) is 9.74. The molecule has 3 N–H and O–H groups in total. The van der Waals surface area contributed by atoms with E-state index in [1.54, 1.807) is 30.5 Å². The molecule has 0 saturated carbocycles. The third kappa shape index (κ3) is 7.59. The number of sulfonamides is 1. The summed E-state index contributed by atoms with van der Waals surface area (Å²) in [5, 5.41) is 6.36. The number of hydrogen-bond donors (Lipinski definition) is 3. The van der Waals surface area contributed by atoms with Gasteiger partial charge in [-0.2, -0.15) is 0 Å². The Kier molecular flexibility index (Phi) is 9.56. The molecule has 2 rings (SSSR count). The van der Waals surface area contributed by atoms with Crippen LogP contribution in [0.25, 0.3) is 0 Å². The van der Waals surface area contributed by atoms with Crippen molar-refractivity contribution in [1.29, 1.82) is 0 Å². The lowest BCUT2D eigenvalue weighted by molar-refractivity contribution is 0.379. The molecule has 0 spiro atoms. The molecule has 0 amide bonds. The fourth-order valence-electron chi connectivity index (χ4n) is 2.30. The van der Waals surface area contributed by atoms with E-state index in [4.69, 9.17) is 4.42 Å². The summed E-state index contributed by atoms with van der Waals surface area (Å²) in [5.74, 6) is 2.06. The van der Waals surface area contributed by atoms with E-state index in [9.17, 15) is 8.42 Å². The molecule has 0 unspecified atom stereocenters. The van der Waals surface area contributed by atoms with Gasteiger partial charge in [-0.15, -0.1) is 24.0 Å². The van der Waals surface area contributed by atoms with E-state index < -0.39 is 10.0 Å². The SMILES string of the molecule is CCNC(=NCc1ccc(S(=O)(=O)NC)cc1)NCc1ncc(C(C)(C)C)o1.I. The van der Waals surface area contributed by atoms with Gasteiger partial charge in [0.05, 0.1) is 24.2 Å². The summed E-state index contributed by atoms with van der Waals surface area (Å²) in [7, 11) is -2.04. The molecule has 0 fully saturated rings. The van der Waals surface area contributed by atoms with E-state index in [1.807, 2.05) is 6.92 Å². The lowest BCUT2D eigenvalue weighted by Crippen LogP contribution is -2.36. The van der Waals surface area contributed by atoms with E-state index in [2.05, 4.69) is 46.1 Å². The Bertz CT molecular complexity index is 903. The van der Waals surface area contributed by atoms with Crippen LogP contribution in [0.2, 0.25) is 0 Å². The van der Waals surface area contributed by atoms with Crippen molar-refractivity contribution >= 4 is 40.0 Å². The van der Waals surface area contributed by atoms with Crippen molar-refractivity contribution in [2.75, 3.05) is 13.6 Å². The van der Waals surface area contributed by atoms with Gasteiger partial charge in [0.25, 0.3) is 0 Å². The Morgan fingerprint density at radius 1 is 1.17 bits per heavy atom. The zero-order valence-corrected chi connectivity index (χ0v) is 20.6. The molecule has 1 heterocycles. The van der Waals surface area contributed by atoms with Crippen molar-refractivity contribution in [3.63, 3.8) is 0 Å². The zero-order chi connectivity index (χ0) is 20.8. The van der Waals surface area contributed by atoms with Crippen LogP contribution in [-0.2, 0) is 28.5 Å². The highest BCUT2D eigenvalue weighted by molar-refractivity contribution is 14.0. The van der Waals surface area contributed by atoms with Crippen LogP contribution in [0, 0.1) is 0 Å². The van der Waals surface area contributed by atoms with Crippen LogP contribution >= 0.6 is 24.0 Å². The number of nitrogens with zero attached hydrogens (tertiary/aromatic N) is 2. The van der Waals surface area contributed by atoms with Crippen LogP contribution in [0.1, 0.15) is 44.9 Å². The lowest BCUT2D eigenvalue weighted by Gasteiger charge is -2.13. The van der Waals surface area contributed by atoms with Gasteiger partial charge in [0.2, 0.25) is 15.9 Å². The highest BCUT2D eigenvalue weighted by Crippen LogP contribution is 2.22. The normalized spacial score (nSPS) is 12.4. The minimum Gasteiger partial charge on any atom is -0.443 e. The standard InChI is InChI=1S/C19H29N5O3S.HI/c1-6-21-18(24-13-17-22-12-16(27-17)19(2,3)4)23-11-14-7-9-15(10-8-14)28(25,26)20-5;/h7-10,12,20H,6,11,13H2,1-5H3,(H2,21,23,24);1H. The summed E-state index contributed by atoms with van der Waals surface area (Å²) in [6, 6.07) is 6.64. The van der Waals surface area contributed by atoms with E-state index in [-0.39, 0.29) is 34.3 Å². The average molecular weight is 535 g/mol. The minimum absolute atomic E-state index is 0. The largest absolute Gasteiger partial charge is 0.443 e. The topological polar surface area (TPSA) is 109 Å². The molecule has 0 atom stereocenters. The molecule has 2 aromatic rings. The van der Waals surface area contributed by atoms with Crippen LogP contribution < -0.4 is 15.4 Å². The molecular formula is C19H30IN5O3S. The highest BCUT2D eigenvalue weighted by atomic mass is 127. The average Bonchev–Trinajstić information content (AvgIpc) is 3.14. The number of benzene rings is 1. The summed E-state index contributed by atoms with van der Waals surface area (Å²) in [4.78, 5) is 9.05. The summed E-state index contributed by atoms with van der Waals surface area (Å²) in [6.07, 6.45) is 1.75. The predicted octanol–water partition coefficient (Wildman–Crippen LogP) is 2.75. The first kappa shape index (κ1) is 25.4. The van der Waals surface area contributed by atoms with Gasteiger partial charge >= 0.3 is 0 Å². The fraction of sp³-hybridized carbons (Fsp3) is 0.474. The van der Waals surface area contributed by atoms with Crippen LogP contribution in [0.4, 0.5) is 0 Å². The Labute approximate surface area is 190 Å². The molecule has 0 radical (unpaired) electrons. The molecule has 0 aliphatic carbocycles. The molecule has 10 heteroatoms. The first-order chi connectivity index (χ1) is 13.2. The van der Waals surface area contributed by atoms with Crippen molar-refractivity contribution in [2.45, 2.75) is 51.1 Å². The maximum atomic E-state index is 11.8. The molecule has 8 nitrogen and oxygen atoms in total. The molecule has 162 valence electrons. The third-order valence-corrected chi connectivity index (χ3v) is 5.40. The molecule has 0 aliphatic heterocycles. The molecule has 0 aliphatic rings. The van der Waals surface area contributed by atoms with Crippen molar-refractivity contribution in [3.05, 3.63) is 47.7 Å². The number of oxazole rings is 1. The number of hydrogen-bond acceptors (Lipinski definition) is 5. The van der Waals surface area contributed by atoms with Crippen molar-refractivity contribution < 1.29 is 12.8 Å². The van der Waals surface area contributed by atoms with E-state index in [0.29, 0.717) is 31.5 Å². The van der Waals surface area contributed by atoms with Crippen LogP contribution in [0.5, 0.6) is 0 Å². The number of aliphatic imine (C=N–C) groups is 1. The third-order valence-electron chi connectivity index (χ3n) is 3.97. The second kappa shape index (κ2) is 10.9. The maximum Gasteiger partial charge on any atom is 0.240 e. The summed E-state index contributed by atoms with van der Waals surface area (Å²) >= 11 is 0. The molecule has 29 heavy (non-hydrogen) atoms. The van der Waals surface area contributed by atoms with Crippen LogP contribution in [-0.4, -0.2) is 33.0 Å². The van der Waals surface area contributed by atoms with Crippen molar-refractivity contribution in [2.24, 2.45) is 4.99 Å². The van der Waals surface area contributed by atoms with E-state index >= 15 is 0 Å². The summed E-state index contributed by atoms with van der Waals surface area (Å²) < 4.78 is 31.6. The first-order valence-electron chi connectivity index (χ1n) is 9.15. The number of rotatable bonds is 7. The Morgan fingerprint density at radius 2 is 1.83 bits per heavy atom. The second-order valence-corrected chi connectivity index (χ2v) is 9.16. The van der Waals surface area contributed by atoms with Gasteiger partial charge in [-0.05, 0) is 31.7 Å². The first-order valence-corrected chi connectivity index (χ1v) is 10.6. The van der Waals surface area contributed by atoms with Gasteiger partial charge in [0.1, 0.15) is 5.76 Å². The van der Waals surface area contributed by atoms with Gasteiger partial charge in [-0.3, -0.25) is 0 Å². The molecule has 1 aromatic heterocycles. The van der Waals surface area contributed by atoms with Gasteiger partial charge in [0, 0.05) is 12.0 Å². The molecule has 1 aromatic carbocycles. The smallest absolute Gasteiger partial charge is 0.240 e. The molecule has 0 saturated heterocycles. The number of aromatic nitrogens is 1. The van der Waals surface area contributed by atoms with Gasteiger partial charge in [0.15, 0.2) is 5.96 Å². The predicted molar refractivity (Wildman–Crippen MR) is 125 cm³/mol. The minimum atomic E-state index is -3.43. The Hall–Kier alpha value is -1.66. The van der Waals surface area contributed by atoms with Crippen LogP contribution in [0.15, 0.2) is 44.8 Å². The van der Waals surface area contributed by atoms with Crippen molar-refractivity contribution in [1.82, 2.24) is 20.3 Å². The number of halogens is 1. The fourth-order valence-corrected chi connectivity index (χ4v) is 3.03. The quantitative estimate of drug-likeness (QED) is 0.286. The second-order valence-electron chi connectivity index (χ2n) is 7.27. The highest BCUT2D eigenvalue weighted by Gasteiger charge is 2.19. The Morgan fingerprint density at radius 3 is 2.34 bits per heavy atom. The van der Waals surface area contributed by atoms with Crippen LogP contribution in [0.3, 0.4) is 0 Å². The van der Waals surface area contributed by atoms with Crippen molar-refractivity contribution in [3.8, 4) is 0 Å². The molecule has 0 bridgehead atoms. The summed E-state index contributed by atoms with van der Waals surface area (Å²) in [5.41, 5.74) is 0.815. The van der Waals surface area contributed by atoms with Gasteiger partial charge < -0.3 is 15.1 Å². The van der Waals surface area contributed by atoms with Gasteiger partial charge in [-0.25, -0.2) is 23.1 Å². The van der Waals surface area contributed by atoms with Gasteiger partial charge in [-0.1, -0.05) is 32.9 Å². The number of guanidine groups is 1.